The Balaban J connectivity index is 2.73. The van der Waals surface area contributed by atoms with Gasteiger partial charge in [-0.2, -0.15) is 0 Å². The zero-order chi connectivity index (χ0) is 12.1. The molecule has 0 unspecified atom stereocenters. The van der Waals surface area contributed by atoms with E-state index < -0.39 is 0 Å². The summed E-state index contributed by atoms with van der Waals surface area (Å²) in [6.45, 7) is 9.59. The quantitative estimate of drug-likeness (QED) is 0.830. The monoisotopic (exact) mass is 222 g/mol. The largest absolute Gasteiger partial charge is 0.368 e. The summed E-state index contributed by atoms with van der Waals surface area (Å²) in [7, 11) is 2.06. The fraction of sp³-hybridized carbons (Fsp3) is 0.667. The fourth-order valence-electron chi connectivity index (χ4n) is 1.57. The van der Waals surface area contributed by atoms with Crippen LogP contribution in [0.1, 0.15) is 27.7 Å². The Morgan fingerprint density at radius 2 is 1.94 bits per heavy atom. The molecule has 0 bridgehead atoms. The molecule has 0 radical (unpaired) electrons. The Kier molecular flexibility index (Phi) is 4.52. The lowest BCUT2D eigenvalue weighted by Crippen LogP contribution is -2.23. The van der Waals surface area contributed by atoms with E-state index in [2.05, 4.69) is 54.9 Å². The molecule has 0 spiro atoms. The van der Waals surface area contributed by atoms with Gasteiger partial charge in [0, 0.05) is 25.7 Å². The summed E-state index contributed by atoms with van der Waals surface area (Å²) in [5.41, 5.74) is 0. The van der Waals surface area contributed by atoms with E-state index in [9.17, 15) is 0 Å². The van der Waals surface area contributed by atoms with E-state index in [4.69, 9.17) is 0 Å². The Morgan fingerprint density at radius 3 is 2.50 bits per heavy atom. The summed E-state index contributed by atoms with van der Waals surface area (Å²) >= 11 is 0. The summed E-state index contributed by atoms with van der Waals surface area (Å²) in [5, 5.41) is 3.28. The SMILES string of the molecule is CC(C)CN(C)c1cc(NC(C)C)ncn1. The average molecular weight is 222 g/mol. The molecule has 1 rings (SSSR count). The van der Waals surface area contributed by atoms with Crippen LogP contribution in [0.2, 0.25) is 0 Å². The van der Waals surface area contributed by atoms with Crippen molar-refractivity contribution in [1.29, 1.82) is 0 Å². The molecule has 1 N–H and O–H groups in total. The lowest BCUT2D eigenvalue weighted by Gasteiger charge is -2.20. The molecule has 1 aromatic rings. The van der Waals surface area contributed by atoms with E-state index >= 15 is 0 Å². The molecule has 0 saturated heterocycles. The zero-order valence-corrected chi connectivity index (χ0v) is 10.9. The molecule has 0 amide bonds. The number of anilines is 2. The highest BCUT2D eigenvalue weighted by atomic mass is 15.2. The van der Waals surface area contributed by atoms with Crippen molar-refractivity contribution in [3.63, 3.8) is 0 Å². The van der Waals surface area contributed by atoms with E-state index in [0.717, 1.165) is 18.2 Å². The zero-order valence-electron chi connectivity index (χ0n) is 10.9. The van der Waals surface area contributed by atoms with Crippen LogP contribution in [0.25, 0.3) is 0 Å². The van der Waals surface area contributed by atoms with Gasteiger partial charge in [-0.1, -0.05) is 13.8 Å². The van der Waals surface area contributed by atoms with Crippen molar-refractivity contribution in [2.45, 2.75) is 33.7 Å². The van der Waals surface area contributed by atoms with E-state index in [1.54, 1.807) is 6.33 Å². The van der Waals surface area contributed by atoms with E-state index in [-0.39, 0.29) is 0 Å². The van der Waals surface area contributed by atoms with Crippen LogP contribution in [0.4, 0.5) is 11.6 Å². The van der Waals surface area contributed by atoms with Gasteiger partial charge in [0.15, 0.2) is 0 Å². The second-order valence-electron chi connectivity index (χ2n) is 4.83. The third-order valence-electron chi connectivity index (χ3n) is 2.12. The third kappa shape index (κ3) is 4.04. The number of hydrogen-bond acceptors (Lipinski definition) is 4. The first kappa shape index (κ1) is 12.7. The Hall–Kier alpha value is -1.32. The van der Waals surface area contributed by atoms with E-state index in [1.165, 1.54) is 0 Å². The second-order valence-corrected chi connectivity index (χ2v) is 4.83. The number of hydrogen-bond donors (Lipinski definition) is 1. The lowest BCUT2D eigenvalue weighted by molar-refractivity contribution is 0.634. The first-order chi connectivity index (χ1) is 7.49. The molecule has 0 fully saturated rings. The Labute approximate surface area is 98.1 Å². The molecule has 0 aliphatic rings. The molecule has 4 nitrogen and oxygen atoms in total. The Bertz CT molecular complexity index is 323. The van der Waals surface area contributed by atoms with Crippen molar-refractivity contribution < 1.29 is 0 Å². The summed E-state index contributed by atoms with van der Waals surface area (Å²) in [4.78, 5) is 10.6. The van der Waals surface area contributed by atoms with Crippen molar-refractivity contribution in [2.24, 2.45) is 5.92 Å². The highest BCUT2D eigenvalue weighted by Gasteiger charge is 2.06. The van der Waals surface area contributed by atoms with Crippen LogP contribution in [0.3, 0.4) is 0 Å². The Morgan fingerprint density at radius 1 is 1.25 bits per heavy atom. The molecule has 0 atom stereocenters. The smallest absolute Gasteiger partial charge is 0.133 e. The molecule has 0 aliphatic carbocycles. The van der Waals surface area contributed by atoms with Crippen molar-refractivity contribution in [3.05, 3.63) is 12.4 Å². The summed E-state index contributed by atoms with van der Waals surface area (Å²) in [6, 6.07) is 2.38. The van der Waals surface area contributed by atoms with Gasteiger partial charge in [-0.05, 0) is 19.8 Å². The summed E-state index contributed by atoms with van der Waals surface area (Å²) in [6.07, 6.45) is 1.61. The molecule has 4 heteroatoms. The van der Waals surface area contributed by atoms with Crippen LogP contribution in [0.5, 0.6) is 0 Å². The molecule has 90 valence electrons. The summed E-state index contributed by atoms with van der Waals surface area (Å²) < 4.78 is 0. The van der Waals surface area contributed by atoms with Crippen LogP contribution < -0.4 is 10.2 Å². The van der Waals surface area contributed by atoms with Gasteiger partial charge in [0.05, 0.1) is 0 Å². The van der Waals surface area contributed by atoms with Gasteiger partial charge in [0.25, 0.3) is 0 Å². The van der Waals surface area contributed by atoms with Gasteiger partial charge in [-0.15, -0.1) is 0 Å². The normalized spacial score (nSPS) is 10.9. The number of nitrogens with zero attached hydrogens (tertiary/aromatic N) is 3. The molecule has 16 heavy (non-hydrogen) atoms. The molecule has 1 aromatic heterocycles. The number of nitrogens with one attached hydrogen (secondary N) is 1. The van der Waals surface area contributed by atoms with Gasteiger partial charge < -0.3 is 10.2 Å². The van der Waals surface area contributed by atoms with Gasteiger partial charge in [0.2, 0.25) is 0 Å². The van der Waals surface area contributed by atoms with Crippen molar-refractivity contribution in [2.75, 3.05) is 23.8 Å². The third-order valence-corrected chi connectivity index (χ3v) is 2.12. The minimum Gasteiger partial charge on any atom is -0.368 e. The average Bonchev–Trinajstić information content (AvgIpc) is 2.16. The number of rotatable bonds is 5. The summed E-state index contributed by atoms with van der Waals surface area (Å²) in [5.74, 6) is 2.48. The van der Waals surface area contributed by atoms with Crippen LogP contribution >= 0.6 is 0 Å². The molecule has 1 heterocycles. The molecular formula is C12H22N4. The van der Waals surface area contributed by atoms with Crippen molar-refractivity contribution in [1.82, 2.24) is 9.97 Å². The first-order valence-corrected chi connectivity index (χ1v) is 5.78. The van der Waals surface area contributed by atoms with E-state index in [0.29, 0.717) is 12.0 Å². The predicted octanol–water partition coefficient (Wildman–Crippen LogP) is 2.39. The fourth-order valence-corrected chi connectivity index (χ4v) is 1.57. The second kappa shape index (κ2) is 5.68. The molecule has 0 saturated carbocycles. The maximum atomic E-state index is 4.27. The van der Waals surface area contributed by atoms with Crippen LogP contribution in [0, 0.1) is 5.92 Å². The topological polar surface area (TPSA) is 41.0 Å². The van der Waals surface area contributed by atoms with Gasteiger partial charge in [-0.3, -0.25) is 0 Å². The predicted molar refractivity (Wildman–Crippen MR) is 68.9 cm³/mol. The minimum absolute atomic E-state index is 0.387. The molecular weight excluding hydrogens is 200 g/mol. The lowest BCUT2D eigenvalue weighted by atomic mass is 10.2. The van der Waals surface area contributed by atoms with Gasteiger partial charge in [-0.25, -0.2) is 9.97 Å². The van der Waals surface area contributed by atoms with Crippen LogP contribution in [-0.2, 0) is 0 Å². The molecule has 0 aliphatic heterocycles. The maximum Gasteiger partial charge on any atom is 0.133 e. The van der Waals surface area contributed by atoms with Crippen LogP contribution in [0.15, 0.2) is 12.4 Å². The molecule has 0 aromatic carbocycles. The van der Waals surface area contributed by atoms with Crippen molar-refractivity contribution in [3.8, 4) is 0 Å². The highest BCUT2D eigenvalue weighted by Crippen LogP contribution is 2.14. The standard InChI is InChI=1S/C12H22N4/c1-9(2)7-16(5)12-6-11(13-8-14-12)15-10(3)4/h6,8-10H,7H2,1-5H3,(H,13,14,15). The van der Waals surface area contributed by atoms with Crippen LogP contribution in [-0.4, -0.2) is 29.6 Å². The van der Waals surface area contributed by atoms with Crippen molar-refractivity contribution >= 4 is 11.6 Å². The maximum absolute atomic E-state index is 4.27. The first-order valence-electron chi connectivity index (χ1n) is 5.78. The van der Waals surface area contributed by atoms with Gasteiger partial charge >= 0.3 is 0 Å². The number of aromatic nitrogens is 2. The highest BCUT2D eigenvalue weighted by molar-refractivity contribution is 5.48. The minimum atomic E-state index is 0.387. The van der Waals surface area contributed by atoms with Gasteiger partial charge in [0.1, 0.15) is 18.0 Å². The van der Waals surface area contributed by atoms with E-state index in [1.807, 2.05) is 6.07 Å².